The first kappa shape index (κ1) is 13.8. The predicted octanol–water partition coefficient (Wildman–Crippen LogP) is 2.41. The van der Waals surface area contributed by atoms with Crippen LogP contribution in [-0.2, 0) is 9.53 Å². The van der Waals surface area contributed by atoms with Crippen molar-refractivity contribution in [2.24, 2.45) is 5.92 Å². The molecule has 1 aliphatic carbocycles. The first-order chi connectivity index (χ1) is 8.81. The molecule has 0 unspecified atom stereocenters. The van der Waals surface area contributed by atoms with Gasteiger partial charge in [-0.25, -0.2) is 0 Å². The van der Waals surface area contributed by atoms with E-state index in [-0.39, 0.29) is 5.92 Å². The molecular formula is C15H25NO2. The Morgan fingerprint density at radius 3 is 2.89 bits per heavy atom. The van der Waals surface area contributed by atoms with Crippen molar-refractivity contribution in [1.82, 2.24) is 4.90 Å². The molecule has 3 nitrogen and oxygen atoms in total. The van der Waals surface area contributed by atoms with Gasteiger partial charge in [-0.2, -0.15) is 0 Å². The number of hydrogen-bond acceptors (Lipinski definition) is 3. The highest BCUT2D eigenvalue weighted by atomic mass is 16.5. The van der Waals surface area contributed by atoms with Gasteiger partial charge in [0.25, 0.3) is 0 Å². The molecule has 0 aromatic heterocycles. The molecule has 2 rings (SSSR count). The van der Waals surface area contributed by atoms with Gasteiger partial charge < -0.3 is 4.74 Å². The Morgan fingerprint density at radius 2 is 2.17 bits per heavy atom. The van der Waals surface area contributed by atoms with Crippen LogP contribution in [-0.4, -0.2) is 43.5 Å². The largest absolute Gasteiger partial charge is 0.379 e. The van der Waals surface area contributed by atoms with E-state index in [1.807, 2.05) is 0 Å². The maximum atomic E-state index is 12.2. The average molecular weight is 251 g/mol. The van der Waals surface area contributed by atoms with Gasteiger partial charge in [0.05, 0.1) is 13.2 Å². The smallest absolute Gasteiger partial charge is 0.162 e. The second-order valence-electron chi connectivity index (χ2n) is 5.38. The van der Waals surface area contributed by atoms with Crippen LogP contribution in [0.2, 0.25) is 0 Å². The van der Waals surface area contributed by atoms with Gasteiger partial charge in [-0.15, -0.1) is 0 Å². The number of morpholine rings is 1. The Kier molecular flexibility index (Phi) is 5.39. The number of nitrogens with zero attached hydrogens (tertiary/aromatic N) is 1. The number of rotatable bonds is 5. The minimum absolute atomic E-state index is 0.246. The third-order valence-corrected chi connectivity index (χ3v) is 3.98. The van der Waals surface area contributed by atoms with Crippen molar-refractivity contribution < 1.29 is 9.53 Å². The maximum Gasteiger partial charge on any atom is 0.162 e. The van der Waals surface area contributed by atoms with Crippen LogP contribution in [0.1, 0.15) is 39.0 Å². The van der Waals surface area contributed by atoms with Crippen LogP contribution in [0.15, 0.2) is 11.6 Å². The molecule has 2 aliphatic rings. The summed E-state index contributed by atoms with van der Waals surface area (Å²) in [5.74, 6) is 0.661. The molecule has 0 aromatic carbocycles. The number of allylic oxidation sites excluding steroid dienone is 2. The Hall–Kier alpha value is -0.670. The Labute approximate surface area is 110 Å². The van der Waals surface area contributed by atoms with E-state index in [0.717, 1.165) is 57.7 Å². The summed E-state index contributed by atoms with van der Waals surface area (Å²) in [6, 6.07) is 0. The second kappa shape index (κ2) is 7.05. The molecule has 1 aliphatic heterocycles. The number of Topliss-reactive ketones (excluding diaryl/α,β-unsaturated/α-hetero) is 1. The van der Waals surface area contributed by atoms with E-state index < -0.39 is 0 Å². The first-order valence-corrected chi connectivity index (χ1v) is 7.34. The average Bonchev–Trinajstić information content (AvgIpc) is 2.73. The van der Waals surface area contributed by atoms with E-state index >= 15 is 0 Å². The quantitative estimate of drug-likeness (QED) is 0.555. The second-order valence-corrected chi connectivity index (χ2v) is 5.38. The molecule has 1 heterocycles. The Morgan fingerprint density at radius 1 is 1.39 bits per heavy atom. The summed E-state index contributed by atoms with van der Waals surface area (Å²) in [5, 5.41) is 0. The Bertz CT molecular complexity index is 306. The molecule has 0 amide bonds. The third kappa shape index (κ3) is 3.66. The minimum atomic E-state index is 0.246. The summed E-state index contributed by atoms with van der Waals surface area (Å²) in [6.45, 7) is 6.74. The van der Waals surface area contributed by atoms with Crippen LogP contribution < -0.4 is 0 Å². The maximum absolute atomic E-state index is 12.2. The number of carbonyl (C=O) groups is 1. The number of ether oxygens (including phenoxy) is 1. The third-order valence-electron chi connectivity index (χ3n) is 3.98. The molecule has 102 valence electrons. The highest BCUT2D eigenvalue weighted by molar-refractivity contribution is 5.99. The van der Waals surface area contributed by atoms with Gasteiger partial charge in [0.15, 0.2) is 5.78 Å². The monoisotopic (exact) mass is 251 g/mol. The lowest BCUT2D eigenvalue weighted by Gasteiger charge is -2.28. The summed E-state index contributed by atoms with van der Waals surface area (Å²) in [5.41, 5.74) is 1.10. The van der Waals surface area contributed by atoms with E-state index in [2.05, 4.69) is 17.9 Å². The fourth-order valence-electron chi connectivity index (χ4n) is 2.80. The predicted molar refractivity (Wildman–Crippen MR) is 72.6 cm³/mol. The summed E-state index contributed by atoms with van der Waals surface area (Å²) >= 11 is 0. The molecule has 0 N–H and O–H groups in total. The van der Waals surface area contributed by atoms with Crippen molar-refractivity contribution in [2.75, 3.05) is 32.8 Å². The molecule has 0 aromatic rings. The van der Waals surface area contributed by atoms with Gasteiger partial charge in [-0.05, 0) is 24.8 Å². The van der Waals surface area contributed by atoms with Crippen LogP contribution in [0.4, 0.5) is 0 Å². The summed E-state index contributed by atoms with van der Waals surface area (Å²) in [4.78, 5) is 14.6. The minimum Gasteiger partial charge on any atom is -0.379 e. The summed E-state index contributed by atoms with van der Waals surface area (Å²) in [7, 11) is 0. The highest BCUT2D eigenvalue weighted by Gasteiger charge is 2.30. The molecule has 1 saturated carbocycles. The molecule has 2 fully saturated rings. The van der Waals surface area contributed by atoms with Gasteiger partial charge in [0, 0.05) is 25.6 Å². The van der Waals surface area contributed by atoms with Crippen LogP contribution in [0.25, 0.3) is 0 Å². The van der Waals surface area contributed by atoms with E-state index in [9.17, 15) is 4.79 Å². The van der Waals surface area contributed by atoms with E-state index in [4.69, 9.17) is 4.74 Å². The standard InChI is InChI=1S/C15H25NO2/c1-2-3-4-5-13-6-7-14(15(13)17)12-16-8-10-18-11-9-16/h5,14H,2-4,6-12H2,1H3/b13-5-/t14-/m0/s1. The zero-order valence-corrected chi connectivity index (χ0v) is 11.5. The van der Waals surface area contributed by atoms with Gasteiger partial charge in [-0.3, -0.25) is 9.69 Å². The van der Waals surface area contributed by atoms with Gasteiger partial charge in [0.1, 0.15) is 0 Å². The van der Waals surface area contributed by atoms with Gasteiger partial charge >= 0.3 is 0 Å². The van der Waals surface area contributed by atoms with Gasteiger partial charge in [0.2, 0.25) is 0 Å². The Balaban J connectivity index is 1.80. The molecule has 3 heteroatoms. The first-order valence-electron chi connectivity index (χ1n) is 7.34. The van der Waals surface area contributed by atoms with Crippen LogP contribution >= 0.6 is 0 Å². The van der Waals surface area contributed by atoms with Crippen molar-refractivity contribution in [1.29, 1.82) is 0 Å². The lowest BCUT2D eigenvalue weighted by atomic mass is 10.0. The molecule has 1 saturated heterocycles. The summed E-state index contributed by atoms with van der Waals surface area (Å²) in [6.07, 6.45) is 7.71. The normalized spacial score (nSPS) is 28.2. The number of carbonyl (C=O) groups excluding carboxylic acids is 1. The molecule has 0 radical (unpaired) electrons. The van der Waals surface area contributed by atoms with Crippen molar-refractivity contribution >= 4 is 5.78 Å². The number of hydrogen-bond donors (Lipinski definition) is 0. The SMILES string of the molecule is CCCC/C=C1/CC[C@@H](CN2CCOCC2)C1=O. The zero-order chi connectivity index (χ0) is 12.8. The number of ketones is 1. The lowest BCUT2D eigenvalue weighted by molar-refractivity contribution is -0.118. The highest BCUT2D eigenvalue weighted by Crippen LogP contribution is 2.28. The van der Waals surface area contributed by atoms with Gasteiger partial charge in [-0.1, -0.05) is 25.8 Å². The molecular weight excluding hydrogens is 226 g/mol. The zero-order valence-electron chi connectivity index (χ0n) is 11.5. The molecule has 18 heavy (non-hydrogen) atoms. The summed E-state index contributed by atoms with van der Waals surface area (Å²) < 4.78 is 5.34. The molecule has 0 spiro atoms. The van der Waals surface area contributed by atoms with Crippen molar-refractivity contribution in [2.45, 2.75) is 39.0 Å². The number of unbranched alkanes of at least 4 members (excludes halogenated alkanes) is 2. The van der Waals surface area contributed by atoms with Crippen molar-refractivity contribution in [3.8, 4) is 0 Å². The fraction of sp³-hybridized carbons (Fsp3) is 0.800. The van der Waals surface area contributed by atoms with E-state index in [1.54, 1.807) is 0 Å². The lowest BCUT2D eigenvalue weighted by Crippen LogP contribution is -2.40. The topological polar surface area (TPSA) is 29.5 Å². The van der Waals surface area contributed by atoms with Crippen LogP contribution in [0.5, 0.6) is 0 Å². The molecule has 0 bridgehead atoms. The fourth-order valence-corrected chi connectivity index (χ4v) is 2.80. The van der Waals surface area contributed by atoms with Crippen molar-refractivity contribution in [3.63, 3.8) is 0 Å². The van der Waals surface area contributed by atoms with Crippen molar-refractivity contribution in [3.05, 3.63) is 11.6 Å². The van der Waals surface area contributed by atoms with Crippen LogP contribution in [0, 0.1) is 5.92 Å². The van der Waals surface area contributed by atoms with E-state index in [1.165, 1.54) is 12.8 Å². The van der Waals surface area contributed by atoms with Crippen LogP contribution in [0.3, 0.4) is 0 Å². The molecule has 1 atom stereocenters. The van der Waals surface area contributed by atoms with E-state index in [0.29, 0.717) is 5.78 Å².